The molecule has 0 aliphatic carbocycles. The second kappa shape index (κ2) is 14.7. The lowest BCUT2D eigenvalue weighted by molar-refractivity contribution is 0.0921. The number of rotatable bonds is 5. The van der Waals surface area contributed by atoms with Crippen molar-refractivity contribution in [3.63, 3.8) is 0 Å². The van der Waals surface area contributed by atoms with Crippen molar-refractivity contribution in [2.75, 3.05) is 27.3 Å². The van der Waals surface area contributed by atoms with Crippen molar-refractivity contribution in [2.24, 2.45) is 11.8 Å². The SMILES string of the molecule is CC1CCN(C#N)C1.CCc1ccc(-c2ccnc(C#N)c2)nc1C(=O)C(C)CC.COC. The van der Waals surface area contributed by atoms with Crippen molar-refractivity contribution >= 4 is 5.78 Å². The maximum atomic E-state index is 12.5. The van der Waals surface area contributed by atoms with Crippen molar-refractivity contribution in [1.29, 1.82) is 10.5 Å². The fourth-order valence-electron chi connectivity index (χ4n) is 3.24. The molecule has 1 saturated heterocycles. The predicted molar refractivity (Wildman–Crippen MR) is 129 cm³/mol. The molecule has 0 radical (unpaired) electrons. The monoisotopic (exact) mass is 449 g/mol. The average molecular weight is 450 g/mol. The van der Waals surface area contributed by atoms with E-state index in [4.69, 9.17) is 10.5 Å². The molecule has 0 amide bonds. The summed E-state index contributed by atoms with van der Waals surface area (Å²) in [7, 11) is 3.25. The second-order valence-electron chi connectivity index (χ2n) is 8.12. The summed E-state index contributed by atoms with van der Waals surface area (Å²) in [5.41, 5.74) is 3.34. The summed E-state index contributed by atoms with van der Waals surface area (Å²) in [4.78, 5) is 22.9. The first-order valence-corrected chi connectivity index (χ1v) is 11.3. The summed E-state index contributed by atoms with van der Waals surface area (Å²) >= 11 is 0. The van der Waals surface area contributed by atoms with Crippen LogP contribution in [0.4, 0.5) is 0 Å². The molecule has 2 unspecified atom stereocenters. The summed E-state index contributed by atoms with van der Waals surface area (Å²) in [6, 6.07) is 9.34. The number of ether oxygens (including phenoxy) is 1. The molecule has 0 saturated carbocycles. The van der Waals surface area contributed by atoms with E-state index in [1.165, 1.54) is 6.42 Å². The molecule has 1 aliphatic heterocycles. The van der Waals surface area contributed by atoms with E-state index in [1.807, 2.05) is 43.9 Å². The highest BCUT2D eigenvalue weighted by Crippen LogP contribution is 2.22. The molecule has 2 aromatic rings. The van der Waals surface area contributed by atoms with Gasteiger partial charge in [-0.05, 0) is 48.9 Å². The zero-order valence-electron chi connectivity index (χ0n) is 20.6. The van der Waals surface area contributed by atoms with E-state index >= 15 is 0 Å². The molecule has 0 N–H and O–H groups in total. The molecule has 7 nitrogen and oxygen atoms in total. The lowest BCUT2D eigenvalue weighted by atomic mass is 9.96. The molecule has 7 heteroatoms. The van der Waals surface area contributed by atoms with Gasteiger partial charge in [-0.15, -0.1) is 0 Å². The minimum absolute atomic E-state index is 0.0415. The van der Waals surface area contributed by atoms with Crippen LogP contribution in [0, 0.1) is 34.6 Å². The van der Waals surface area contributed by atoms with E-state index < -0.39 is 0 Å². The first-order valence-electron chi connectivity index (χ1n) is 11.3. The molecule has 3 rings (SSSR count). The Balaban J connectivity index is 0.000000409. The first kappa shape index (κ1) is 27.7. The third-order valence-corrected chi connectivity index (χ3v) is 5.39. The Hall–Kier alpha value is -3.29. The number of carbonyl (C=O) groups excluding carboxylic acids is 1. The summed E-state index contributed by atoms with van der Waals surface area (Å²) in [5, 5.41) is 17.3. The van der Waals surface area contributed by atoms with Crippen molar-refractivity contribution in [3.05, 3.63) is 47.4 Å². The lowest BCUT2D eigenvalue weighted by Crippen LogP contribution is -2.15. The van der Waals surface area contributed by atoms with Crippen molar-refractivity contribution in [3.8, 4) is 23.5 Å². The molecule has 0 aromatic carbocycles. The maximum absolute atomic E-state index is 12.5. The molecule has 2 aromatic heterocycles. The normalized spacial score (nSPS) is 15.2. The van der Waals surface area contributed by atoms with Gasteiger partial charge in [-0.25, -0.2) is 9.97 Å². The molecule has 0 bridgehead atoms. The number of hydrogen-bond acceptors (Lipinski definition) is 7. The van der Waals surface area contributed by atoms with Crippen LogP contribution in [0.3, 0.4) is 0 Å². The molecule has 176 valence electrons. The summed E-state index contributed by atoms with van der Waals surface area (Å²) in [6.45, 7) is 10.1. The largest absolute Gasteiger partial charge is 0.388 e. The van der Waals surface area contributed by atoms with Crippen LogP contribution in [-0.4, -0.2) is 48.0 Å². The third-order valence-electron chi connectivity index (χ3n) is 5.39. The Kier molecular flexibility index (Phi) is 12.4. The number of nitriles is 2. The highest BCUT2D eigenvalue weighted by molar-refractivity contribution is 5.97. The average Bonchev–Trinajstić information content (AvgIpc) is 3.29. The van der Waals surface area contributed by atoms with Crippen LogP contribution >= 0.6 is 0 Å². The van der Waals surface area contributed by atoms with Crippen molar-refractivity contribution in [2.45, 2.75) is 47.0 Å². The van der Waals surface area contributed by atoms with Gasteiger partial charge in [0.1, 0.15) is 17.5 Å². The molecule has 2 atom stereocenters. The summed E-state index contributed by atoms with van der Waals surface area (Å²) in [5.74, 6) is 0.769. The minimum Gasteiger partial charge on any atom is -0.388 e. The van der Waals surface area contributed by atoms with Crippen LogP contribution in [-0.2, 0) is 11.2 Å². The number of nitrogens with zero attached hydrogens (tertiary/aromatic N) is 5. The van der Waals surface area contributed by atoms with Gasteiger partial charge in [-0.2, -0.15) is 10.5 Å². The molecule has 33 heavy (non-hydrogen) atoms. The molecule has 1 fully saturated rings. The predicted octanol–water partition coefficient (Wildman–Crippen LogP) is 4.88. The van der Waals surface area contributed by atoms with Crippen LogP contribution in [0.1, 0.15) is 62.3 Å². The Labute approximate surface area is 198 Å². The van der Waals surface area contributed by atoms with Crippen molar-refractivity contribution < 1.29 is 9.53 Å². The molecule has 0 spiro atoms. The Morgan fingerprint density at radius 1 is 1.27 bits per heavy atom. The van der Waals surface area contributed by atoms with Crippen LogP contribution in [0.5, 0.6) is 0 Å². The van der Waals surface area contributed by atoms with Crippen LogP contribution in [0.15, 0.2) is 30.5 Å². The van der Waals surface area contributed by atoms with E-state index in [-0.39, 0.29) is 11.7 Å². The van der Waals surface area contributed by atoms with Crippen LogP contribution in [0.25, 0.3) is 11.3 Å². The summed E-state index contributed by atoms with van der Waals surface area (Å²) in [6.07, 6.45) is 6.46. The van der Waals surface area contributed by atoms with Gasteiger partial charge in [0.15, 0.2) is 12.0 Å². The van der Waals surface area contributed by atoms with Gasteiger partial charge >= 0.3 is 0 Å². The maximum Gasteiger partial charge on any atom is 0.184 e. The fourth-order valence-corrected chi connectivity index (χ4v) is 3.24. The highest BCUT2D eigenvalue weighted by Gasteiger charge is 2.19. The number of hydrogen-bond donors (Lipinski definition) is 0. The zero-order valence-corrected chi connectivity index (χ0v) is 20.6. The van der Waals surface area contributed by atoms with E-state index in [0.29, 0.717) is 17.1 Å². The Morgan fingerprint density at radius 2 is 1.97 bits per heavy atom. The molecule has 3 heterocycles. The van der Waals surface area contributed by atoms with Crippen LogP contribution < -0.4 is 0 Å². The topological polar surface area (TPSA) is 103 Å². The van der Waals surface area contributed by atoms with Crippen LogP contribution in [0.2, 0.25) is 0 Å². The van der Waals surface area contributed by atoms with Gasteiger partial charge in [-0.1, -0.05) is 33.8 Å². The molecule has 1 aliphatic rings. The number of carbonyl (C=O) groups is 1. The second-order valence-corrected chi connectivity index (χ2v) is 8.12. The van der Waals surface area contributed by atoms with Gasteiger partial charge < -0.3 is 9.64 Å². The summed E-state index contributed by atoms with van der Waals surface area (Å²) < 4.78 is 4.25. The number of pyridine rings is 2. The number of methoxy groups -OCH3 is 1. The van der Waals surface area contributed by atoms with Gasteiger partial charge in [-0.3, -0.25) is 4.79 Å². The standard InChI is InChI=1S/C18H19N3O.C6H10N2.C2H6O/c1-4-12(3)18(22)17-13(5-2)6-7-16(21-17)14-8-9-20-15(10-14)11-19;1-6-2-3-8(4-6)5-7;1-3-2/h6-10,12H,4-5H2,1-3H3;6H,2-4H2,1H3;1-2H3. The number of ketones is 1. The fraction of sp³-hybridized carbons (Fsp3) is 0.500. The number of aromatic nitrogens is 2. The first-order chi connectivity index (χ1) is 15.8. The Morgan fingerprint density at radius 3 is 2.45 bits per heavy atom. The number of aryl methyl sites for hydroxylation is 1. The van der Waals surface area contributed by atoms with E-state index in [1.54, 1.807) is 32.5 Å². The molecular weight excluding hydrogens is 414 g/mol. The van der Waals surface area contributed by atoms with E-state index in [0.717, 1.165) is 43.0 Å². The zero-order chi connectivity index (χ0) is 24.8. The van der Waals surface area contributed by atoms with Gasteiger partial charge in [0.05, 0.1) is 5.69 Å². The minimum atomic E-state index is -0.0415. The lowest BCUT2D eigenvalue weighted by Gasteiger charge is -2.12. The smallest absolute Gasteiger partial charge is 0.184 e. The van der Waals surface area contributed by atoms with E-state index in [9.17, 15) is 4.79 Å². The number of likely N-dealkylation sites (tertiary alicyclic amines) is 1. The van der Waals surface area contributed by atoms with E-state index in [2.05, 4.69) is 27.8 Å². The molecular formula is C26H35N5O2. The highest BCUT2D eigenvalue weighted by atomic mass is 16.4. The quantitative estimate of drug-likeness (QED) is 0.473. The van der Waals surface area contributed by atoms with Gasteiger partial charge in [0, 0.05) is 45.0 Å². The third kappa shape index (κ3) is 8.63. The van der Waals surface area contributed by atoms with Crippen molar-refractivity contribution in [1.82, 2.24) is 14.9 Å². The van der Waals surface area contributed by atoms with Gasteiger partial charge in [0.2, 0.25) is 0 Å². The Bertz CT molecular complexity index is 977. The van der Waals surface area contributed by atoms with Gasteiger partial charge in [0.25, 0.3) is 0 Å². The number of Topliss-reactive ketones (excluding diaryl/α,β-unsaturated/α-hetero) is 1.